The van der Waals surface area contributed by atoms with Crippen LogP contribution in [0.25, 0.3) is 39.0 Å². The molecule has 1 heteroatoms. The number of hydrogen-bond acceptors (Lipinski definition) is 1. The molecule has 0 radical (unpaired) electrons. The average molecular weight is 670 g/mol. The molecular formula is C51H43N. The summed E-state index contributed by atoms with van der Waals surface area (Å²) in [4.78, 5) is 2.61. The molecule has 0 fully saturated rings. The highest BCUT2D eigenvalue weighted by molar-refractivity contribution is 6.11. The van der Waals surface area contributed by atoms with Crippen LogP contribution in [-0.4, -0.2) is 6.04 Å². The monoisotopic (exact) mass is 669 g/mol. The summed E-state index contributed by atoms with van der Waals surface area (Å²) in [6.07, 6.45) is 19.0. The van der Waals surface area contributed by atoms with Gasteiger partial charge in [0.15, 0.2) is 0 Å². The highest BCUT2D eigenvalue weighted by Crippen LogP contribution is 2.71. The molecule has 6 aliphatic rings. The fourth-order valence-corrected chi connectivity index (χ4v) is 10.9. The third kappa shape index (κ3) is 4.05. The molecule has 0 heterocycles. The second-order valence-corrected chi connectivity index (χ2v) is 15.8. The number of nitrogens with zero attached hydrogens (tertiary/aromatic N) is 1. The van der Waals surface area contributed by atoms with Gasteiger partial charge < -0.3 is 4.90 Å². The Morgan fingerprint density at radius 2 is 1.44 bits per heavy atom. The van der Waals surface area contributed by atoms with Gasteiger partial charge in [-0.3, -0.25) is 0 Å². The number of hydrogen-bond donors (Lipinski definition) is 0. The Bertz CT molecular complexity index is 2500. The summed E-state index contributed by atoms with van der Waals surface area (Å²) in [6.45, 7) is 4.66. The molecule has 3 unspecified atom stereocenters. The minimum absolute atomic E-state index is 0.203. The molecular weight excluding hydrogens is 627 g/mol. The highest BCUT2D eigenvalue weighted by atomic mass is 15.2. The summed E-state index contributed by atoms with van der Waals surface area (Å²) in [5.74, 6) is 0.553. The molecule has 0 aliphatic heterocycles. The lowest BCUT2D eigenvalue weighted by Gasteiger charge is -2.38. The van der Waals surface area contributed by atoms with Crippen molar-refractivity contribution in [2.24, 2.45) is 5.92 Å². The SMILES string of the molecule is Cc1ccccc1C1=CC(N(C2=CCCC=C2)c2ccc(-c3ccc4c(c3)C35C6=C(CCC=C6c6cccc-4c63)c3ccccc35)cc2)CCC1C. The van der Waals surface area contributed by atoms with Gasteiger partial charge in [-0.1, -0.05) is 122 Å². The van der Waals surface area contributed by atoms with Crippen molar-refractivity contribution in [2.75, 3.05) is 4.90 Å². The molecule has 0 saturated heterocycles. The first-order chi connectivity index (χ1) is 25.6. The van der Waals surface area contributed by atoms with Crippen LogP contribution >= 0.6 is 0 Å². The van der Waals surface area contributed by atoms with E-state index in [4.69, 9.17) is 0 Å². The maximum absolute atomic E-state index is 2.61. The van der Waals surface area contributed by atoms with Crippen LogP contribution in [0, 0.1) is 12.8 Å². The van der Waals surface area contributed by atoms with E-state index >= 15 is 0 Å². The lowest BCUT2D eigenvalue weighted by Crippen LogP contribution is -2.35. The molecule has 6 aliphatic carbocycles. The van der Waals surface area contributed by atoms with Gasteiger partial charge in [-0.15, -0.1) is 0 Å². The Hall–Kier alpha value is -5.40. The number of benzene rings is 5. The molecule has 0 aromatic heterocycles. The molecule has 0 bridgehead atoms. The zero-order valence-corrected chi connectivity index (χ0v) is 30.1. The van der Waals surface area contributed by atoms with Gasteiger partial charge in [-0.05, 0) is 159 Å². The van der Waals surface area contributed by atoms with Crippen molar-refractivity contribution in [2.45, 2.75) is 63.8 Å². The van der Waals surface area contributed by atoms with Crippen LogP contribution in [0.3, 0.4) is 0 Å². The van der Waals surface area contributed by atoms with Crippen molar-refractivity contribution in [1.29, 1.82) is 0 Å². The number of rotatable bonds is 5. The first-order valence-electron chi connectivity index (χ1n) is 19.5. The molecule has 0 amide bonds. The number of anilines is 1. The Morgan fingerprint density at radius 1 is 0.654 bits per heavy atom. The fraction of sp³-hybridized carbons (Fsp3) is 0.216. The molecule has 1 spiro atoms. The van der Waals surface area contributed by atoms with Crippen LogP contribution in [0.2, 0.25) is 0 Å². The van der Waals surface area contributed by atoms with E-state index in [0.717, 1.165) is 32.1 Å². The van der Waals surface area contributed by atoms with Gasteiger partial charge in [-0.25, -0.2) is 0 Å². The van der Waals surface area contributed by atoms with E-state index in [1.807, 2.05) is 0 Å². The van der Waals surface area contributed by atoms with Gasteiger partial charge in [0.25, 0.3) is 0 Å². The van der Waals surface area contributed by atoms with Crippen molar-refractivity contribution in [3.05, 3.63) is 190 Å². The number of allylic oxidation sites excluding steroid dienone is 8. The van der Waals surface area contributed by atoms with Gasteiger partial charge in [0.2, 0.25) is 0 Å². The first-order valence-corrected chi connectivity index (χ1v) is 19.5. The molecule has 5 aromatic carbocycles. The normalized spacial score (nSPS) is 23.0. The van der Waals surface area contributed by atoms with E-state index in [1.165, 1.54) is 90.1 Å². The lowest BCUT2D eigenvalue weighted by molar-refractivity contribution is 0.544. The molecule has 0 N–H and O–H groups in total. The van der Waals surface area contributed by atoms with Crippen molar-refractivity contribution >= 4 is 22.4 Å². The summed E-state index contributed by atoms with van der Waals surface area (Å²) >= 11 is 0. The molecule has 1 nitrogen and oxygen atoms in total. The second-order valence-electron chi connectivity index (χ2n) is 15.8. The van der Waals surface area contributed by atoms with E-state index in [2.05, 4.69) is 158 Å². The number of aryl methyl sites for hydroxylation is 1. The summed E-state index contributed by atoms with van der Waals surface area (Å²) in [5.41, 5.74) is 24.0. The van der Waals surface area contributed by atoms with Crippen LogP contribution in [-0.2, 0) is 5.41 Å². The molecule has 3 atom stereocenters. The Kier molecular flexibility index (Phi) is 6.57. The predicted octanol–water partition coefficient (Wildman–Crippen LogP) is 12.9. The van der Waals surface area contributed by atoms with E-state index in [1.54, 1.807) is 11.1 Å². The van der Waals surface area contributed by atoms with Crippen molar-refractivity contribution in [3.8, 4) is 22.3 Å². The largest absolute Gasteiger partial charge is 0.335 e. The standard InChI is InChI=1S/C51H43N/c1-32-12-6-7-15-39(32)46-31-38(26-22-33(46)2)52(36-13-4-3-5-14-36)37-27-23-34(24-28-37)35-25-29-41-43-18-11-20-45-44-19-10-17-42-40-16-8-9-21-47(40)51(49(42)44,50(43)45)48(41)30-35/h4,6-9,11-16,18-21,23-25,27-31,33,38H,3,5,10,17,22,26H2,1-2H3. The zero-order valence-electron chi connectivity index (χ0n) is 30.1. The maximum Gasteiger partial charge on any atom is 0.0734 e. The Labute approximate surface area is 308 Å². The molecule has 11 rings (SSSR count). The maximum atomic E-state index is 2.61. The summed E-state index contributed by atoms with van der Waals surface area (Å²) in [7, 11) is 0. The van der Waals surface area contributed by atoms with Crippen LogP contribution in [0.4, 0.5) is 5.69 Å². The van der Waals surface area contributed by atoms with Crippen molar-refractivity contribution < 1.29 is 0 Å². The summed E-state index contributed by atoms with van der Waals surface area (Å²) in [5, 5.41) is 0. The van der Waals surface area contributed by atoms with Crippen molar-refractivity contribution in [3.63, 3.8) is 0 Å². The predicted molar refractivity (Wildman–Crippen MR) is 218 cm³/mol. The minimum Gasteiger partial charge on any atom is -0.335 e. The molecule has 52 heavy (non-hydrogen) atoms. The molecule has 252 valence electrons. The average Bonchev–Trinajstić information content (AvgIpc) is 3.79. The highest BCUT2D eigenvalue weighted by Gasteiger charge is 2.59. The van der Waals surface area contributed by atoms with E-state index < -0.39 is 0 Å². The van der Waals surface area contributed by atoms with Crippen LogP contribution in [0.1, 0.15) is 84.4 Å². The van der Waals surface area contributed by atoms with Crippen LogP contribution in [0.5, 0.6) is 0 Å². The quantitative estimate of drug-likeness (QED) is 0.180. The molecule has 0 saturated carbocycles. The lowest BCUT2D eigenvalue weighted by atomic mass is 9.72. The fourth-order valence-electron chi connectivity index (χ4n) is 10.9. The van der Waals surface area contributed by atoms with E-state index in [0.29, 0.717) is 12.0 Å². The van der Waals surface area contributed by atoms with Gasteiger partial charge in [-0.2, -0.15) is 0 Å². The van der Waals surface area contributed by atoms with E-state index in [-0.39, 0.29) is 5.41 Å². The van der Waals surface area contributed by atoms with Gasteiger partial charge >= 0.3 is 0 Å². The third-order valence-corrected chi connectivity index (χ3v) is 13.1. The first kappa shape index (κ1) is 30.2. The Balaban J connectivity index is 1.02. The smallest absolute Gasteiger partial charge is 0.0734 e. The number of fused-ring (bicyclic) bond motifs is 5. The van der Waals surface area contributed by atoms with Crippen LogP contribution in [0.15, 0.2) is 151 Å². The van der Waals surface area contributed by atoms with E-state index in [9.17, 15) is 0 Å². The summed E-state index contributed by atoms with van der Waals surface area (Å²) < 4.78 is 0. The zero-order chi connectivity index (χ0) is 34.6. The van der Waals surface area contributed by atoms with Gasteiger partial charge in [0.1, 0.15) is 0 Å². The van der Waals surface area contributed by atoms with Gasteiger partial charge in [0.05, 0.1) is 11.5 Å². The topological polar surface area (TPSA) is 3.24 Å². The Morgan fingerprint density at radius 3 is 2.29 bits per heavy atom. The molecule has 5 aromatic rings. The minimum atomic E-state index is -0.203. The van der Waals surface area contributed by atoms with Gasteiger partial charge in [0, 0.05) is 11.4 Å². The third-order valence-electron chi connectivity index (χ3n) is 13.1. The summed E-state index contributed by atoms with van der Waals surface area (Å²) in [6, 6.07) is 42.3. The second kappa shape index (κ2) is 11.3. The van der Waals surface area contributed by atoms with Crippen molar-refractivity contribution in [1.82, 2.24) is 0 Å². The van der Waals surface area contributed by atoms with Crippen LogP contribution < -0.4 is 4.90 Å².